The molecular formula is C44H72O4. The summed E-state index contributed by atoms with van der Waals surface area (Å²) in [7, 11) is 0. The number of phenolic OH excluding ortho intramolecular Hbond substituents is 4. The second-order valence-corrected chi connectivity index (χ2v) is 16.5. The van der Waals surface area contributed by atoms with Crippen molar-refractivity contribution >= 4 is 0 Å². The molecule has 0 aromatic heterocycles. The highest BCUT2D eigenvalue weighted by molar-refractivity contribution is 5.57. The van der Waals surface area contributed by atoms with E-state index in [1.54, 1.807) is 0 Å². The molecule has 0 saturated heterocycles. The number of unbranched alkanes of at least 4 members (excludes halogenated alkanes) is 4. The zero-order valence-corrected chi connectivity index (χ0v) is 32.1. The molecule has 0 spiro atoms. The Bertz CT molecular complexity index is 1260. The Morgan fingerprint density at radius 1 is 0.625 bits per heavy atom. The molecule has 48 heavy (non-hydrogen) atoms. The van der Waals surface area contributed by atoms with Crippen molar-refractivity contribution in [2.75, 3.05) is 0 Å². The Kier molecular flexibility index (Phi) is 16.5. The second-order valence-electron chi connectivity index (χ2n) is 16.5. The lowest BCUT2D eigenvalue weighted by atomic mass is 9.67. The molecule has 0 aliphatic heterocycles. The van der Waals surface area contributed by atoms with Gasteiger partial charge in [-0.2, -0.15) is 0 Å². The fourth-order valence-corrected chi connectivity index (χ4v) is 8.50. The van der Waals surface area contributed by atoms with Crippen LogP contribution in [0.3, 0.4) is 0 Å². The average molecular weight is 665 g/mol. The third-order valence-corrected chi connectivity index (χ3v) is 11.6. The number of rotatable bonds is 20. The van der Waals surface area contributed by atoms with E-state index in [0.29, 0.717) is 54.4 Å². The van der Waals surface area contributed by atoms with Gasteiger partial charge in [-0.1, -0.05) is 107 Å². The van der Waals surface area contributed by atoms with Crippen molar-refractivity contribution in [2.45, 2.75) is 177 Å². The largest absolute Gasteiger partial charge is 0.508 e. The van der Waals surface area contributed by atoms with E-state index < -0.39 is 0 Å². The van der Waals surface area contributed by atoms with Crippen LogP contribution in [0.15, 0.2) is 12.1 Å². The van der Waals surface area contributed by atoms with Crippen LogP contribution in [0, 0.1) is 29.6 Å². The van der Waals surface area contributed by atoms with E-state index in [9.17, 15) is 20.4 Å². The number of aromatic hydroxyl groups is 4. The van der Waals surface area contributed by atoms with E-state index in [1.165, 1.54) is 25.7 Å². The van der Waals surface area contributed by atoms with Gasteiger partial charge in [-0.25, -0.2) is 0 Å². The van der Waals surface area contributed by atoms with Crippen molar-refractivity contribution in [3.05, 3.63) is 45.5 Å². The number of phenols is 4. The zero-order chi connectivity index (χ0) is 35.4. The van der Waals surface area contributed by atoms with Crippen molar-refractivity contribution in [3.63, 3.8) is 0 Å². The third-order valence-electron chi connectivity index (χ3n) is 11.6. The van der Waals surface area contributed by atoms with Gasteiger partial charge >= 0.3 is 0 Å². The molecule has 2 aromatic carbocycles. The first-order valence-corrected chi connectivity index (χ1v) is 20.0. The molecule has 4 atom stereocenters. The van der Waals surface area contributed by atoms with Gasteiger partial charge in [-0.05, 0) is 134 Å². The van der Waals surface area contributed by atoms with E-state index >= 15 is 0 Å². The first-order chi connectivity index (χ1) is 22.9. The summed E-state index contributed by atoms with van der Waals surface area (Å²) in [6.07, 6.45) is 17.8. The predicted octanol–water partition coefficient (Wildman–Crippen LogP) is 12.3. The number of hydrogen-bond acceptors (Lipinski definition) is 4. The quantitative estimate of drug-likeness (QED) is 0.106. The van der Waals surface area contributed by atoms with Gasteiger partial charge in [0.25, 0.3) is 0 Å². The summed E-state index contributed by atoms with van der Waals surface area (Å²) in [6.45, 7) is 18.1. The SMILES string of the molecule is CCCCCc1cc(O)c(CC[C@H](C)CCCC(C)C)c(O)c1CCc1c(CCCCC)cc(O)c([C@@H]2C[C@H](C)CC[C@H]2C(C)C)c1O. The molecule has 1 aliphatic rings. The summed E-state index contributed by atoms with van der Waals surface area (Å²) in [4.78, 5) is 0. The maximum atomic E-state index is 12.1. The van der Waals surface area contributed by atoms with Gasteiger partial charge in [0.1, 0.15) is 23.0 Å². The first-order valence-electron chi connectivity index (χ1n) is 20.0. The van der Waals surface area contributed by atoms with Crippen molar-refractivity contribution in [2.24, 2.45) is 29.6 Å². The van der Waals surface area contributed by atoms with Gasteiger partial charge in [0.15, 0.2) is 0 Å². The minimum absolute atomic E-state index is 0.137. The van der Waals surface area contributed by atoms with Crippen LogP contribution in [0.4, 0.5) is 0 Å². The monoisotopic (exact) mass is 665 g/mol. The molecule has 2 aromatic rings. The Balaban J connectivity index is 2.00. The van der Waals surface area contributed by atoms with Crippen LogP contribution in [0.2, 0.25) is 0 Å². The van der Waals surface area contributed by atoms with Crippen LogP contribution in [0.25, 0.3) is 0 Å². The molecule has 4 nitrogen and oxygen atoms in total. The highest BCUT2D eigenvalue weighted by Gasteiger charge is 2.36. The average Bonchev–Trinajstić information content (AvgIpc) is 3.01. The predicted molar refractivity (Wildman–Crippen MR) is 204 cm³/mol. The molecule has 1 saturated carbocycles. The lowest BCUT2D eigenvalue weighted by Crippen LogP contribution is -2.26. The molecule has 0 heterocycles. The van der Waals surface area contributed by atoms with E-state index in [2.05, 4.69) is 55.4 Å². The van der Waals surface area contributed by atoms with Crippen LogP contribution < -0.4 is 0 Å². The van der Waals surface area contributed by atoms with E-state index in [0.717, 1.165) is 98.4 Å². The van der Waals surface area contributed by atoms with Gasteiger partial charge in [0.2, 0.25) is 0 Å². The molecule has 4 heteroatoms. The Labute approximate surface area is 294 Å². The molecule has 1 aliphatic carbocycles. The van der Waals surface area contributed by atoms with Crippen LogP contribution in [-0.2, 0) is 32.1 Å². The summed E-state index contributed by atoms with van der Waals surface area (Å²) >= 11 is 0. The molecule has 1 fully saturated rings. The summed E-state index contributed by atoms with van der Waals surface area (Å²) in [5.74, 6) is 3.87. The molecule has 272 valence electrons. The third kappa shape index (κ3) is 11.1. The summed E-state index contributed by atoms with van der Waals surface area (Å²) in [6, 6.07) is 3.88. The van der Waals surface area contributed by atoms with Crippen molar-refractivity contribution in [1.29, 1.82) is 0 Å². The van der Waals surface area contributed by atoms with Gasteiger partial charge in [-0.3, -0.25) is 0 Å². The summed E-state index contributed by atoms with van der Waals surface area (Å²) in [5, 5.41) is 46.6. The van der Waals surface area contributed by atoms with E-state index in [4.69, 9.17) is 0 Å². The smallest absolute Gasteiger partial charge is 0.126 e. The van der Waals surface area contributed by atoms with Gasteiger partial charge in [-0.15, -0.1) is 0 Å². The maximum Gasteiger partial charge on any atom is 0.126 e. The molecule has 0 amide bonds. The van der Waals surface area contributed by atoms with E-state index in [1.807, 2.05) is 12.1 Å². The molecule has 4 N–H and O–H groups in total. The van der Waals surface area contributed by atoms with Crippen LogP contribution in [0.1, 0.15) is 178 Å². The zero-order valence-electron chi connectivity index (χ0n) is 32.1. The fraction of sp³-hybridized carbons (Fsp3) is 0.727. The standard InChI is InChI=1S/C44H72O4/c1-9-11-13-18-33-27-40(45)38(23-20-31(7)17-15-16-29(3)4)43(47)36(33)24-25-37-34(19-14-12-10-2)28-41(46)42(44(37)48)39-26-32(8)21-22-35(39)30(5)6/h27-32,35,39,45-48H,9-26H2,1-8H3/t31-,32-,35+,39-/m1/s1. The van der Waals surface area contributed by atoms with Crippen molar-refractivity contribution in [3.8, 4) is 23.0 Å². The first kappa shape index (κ1) is 40.1. The topological polar surface area (TPSA) is 80.9 Å². The normalized spacial score (nSPS) is 19.0. The minimum atomic E-state index is 0.137. The van der Waals surface area contributed by atoms with E-state index in [-0.39, 0.29) is 28.9 Å². The van der Waals surface area contributed by atoms with Crippen LogP contribution >= 0.6 is 0 Å². The Morgan fingerprint density at radius 2 is 1.21 bits per heavy atom. The van der Waals surface area contributed by atoms with Crippen molar-refractivity contribution in [1.82, 2.24) is 0 Å². The van der Waals surface area contributed by atoms with Gasteiger partial charge < -0.3 is 20.4 Å². The number of aryl methyl sites for hydroxylation is 2. The minimum Gasteiger partial charge on any atom is -0.508 e. The Hall–Kier alpha value is -2.36. The van der Waals surface area contributed by atoms with Gasteiger partial charge in [0, 0.05) is 11.1 Å². The molecule has 3 rings (SSSR count). The molecule has 0 bridgehead atoms. The van der Waals surface area contributed by atoms with Crippen LogP contribution in [0.5, 0.6) is 23.0 Å². The number of hydrogen-bond donors (Lipinski definition) is 4. The Morgan fingerprint density at radius 3 is 1.77 bits per heavy atom. The number of benzene rings is 2. The summed E-state index contributed by atoms with van der Waals surface area (Å²) < 4.78 is 0. The van der Waals surface area contributed by atoms with Crippen LogP contribution in [-0.4, -0.2) is 20.4 Å². The highest BCUT2D eigenvalue weighted by Crippen LogP contribution is 2.51. The lowest BCUT2D eigenvalue weighted by molar-refractivity contribution is 0.191. The van der Waals surface area contributed by atoms with Gasteiger partial charge in [0.05, 0.1) is 0 Å². The fourth-order valence-electron chi connectivity index (χ4n) is 8.50. The second kappa shape index (κ2) is 19.7. The molecule has 0 radical (unpaired) electrons. The van der Waals surface area contributed by atoms with Crippen molar-refractivity contribution < 1.29 is 20.4 Å². The maximum absolute atomic E-state index is 12.1. The summed E-state index contributed by atoms with van der Waals surface area (Å²) in [5.41, 5.74) is 5.35. The molecule has 0 unspecified atom stereocenters. The highest BCUT2D eigenvalue weighted by atomic mass is 16.3. The molecular weight excluding hydrogens is 592 g/mol. The lowest BCUT2D eigenvalue weighted by Gasteiger charge is -2.38.